The van der Waals surface area contributed by atoms with Crippen LogP contribution in [0.2, 0.25) is 0 Å². The molecular weight excluding hydrogens is 448 g/mol. The van der Waals surface area contributed by atoms with Gasteiger partial charge in [0.15, 0.2) is 4.90 Å². The number of aryl methyl sites for hydroxylation is 2. The van der Waals surface area contributed by atoms with Crippen LogP contribution >= 0.6 is 0 Å². The van der Waals surface area contributed by atoms with Gasteiger partial charge in [-0.15, -0.1) is 0 Å². The number of rotatable bonds is 10. The fourth-order valence-electron chi connectivity index (χ4n) is 3.57. The molecule has 0 aliphatic rings. The molecule has 0 unspecified atom stereocenters. The Morgan fingerprint density at radius 3 is 2.15 bits per heavy atom. The number of benzene rings is 3. The van der Waals surface area contributed by atoms with Gasteiger partial charge in [-0.25, -0.2) is 22.0 Å². The van der Waals surface area contributed by atoms with Crippen LogP contribution < -0.4 is 4.31 Å². The zero-order chi connectivity index (χ0) is 24.0. The maximum Gasteiger partial charge on any atom is 0.335 e. The minimum atomic E-state index is -4.49. The molecule has 0 aliphatic heterocycles. The highest BCUT2D eigenvalue weighted by Gasteiger charge is 2.31. The lowest BCUT2D eigenvalue weighted by Crippen LogP contribution is -2.34. The molecule has 0 atom stereocenters. The molecule has 3 aromatic carbocycles. The molecule has 0 fully saturated rings. The minimum absolute atomic E-state index is 0.0803. The van der Waals surface area contributed by atoms with Crippen LogP contribution in [0.5, 0.6) is 0 Å². The Hall–Kier alpha value is -3.26. The number of carbonyl (C=O) groups is 1. The van der Waals surface area contributed by atoms with E-state index >= 15 is 0 Å². The summed E-state index contributed by atoms with van der Waals surface area (Å²) < 4.78 is 56.7. The Balaban J connectivity index is 1.97. The lowest BCUT2D eigenvalue weighted by molar-refractivity contribution is 0.0697. The number of aromatic carboxylic acids is 1. The largest absolute Gasteiger partial charge is 0.478 e. The van der Waals surface area contributed by atoms with E-state index in [4.69, 9.17) is 5.11 Å². The number of hydrogen-bond acceptors (Lipinski definition) is 3. The van der Waals surface area contributed by atoms with Crippen LogP contribution in [0.25, 0.3) is 0 Å². The van der Waals surface area contributed by atoms with Crippen molar-refractivity contribution in [1.29, 1.82) is 0 Å². The molecule has 33 heavy (non-hydrogen) atoms. The molecule has 174 valence electrons. The SMILES string of the molecule is CCCCN(c1ccccc1CCc1ccc(C(=O)O)cc1)S(=O)(=O)c1c(F)cccc1F. The lowest BCUT2D eigenvalue weighted by Gasteiger charge is -2.27. The molecule has 0 saturated carbocycles. The van der Waals surface area contributed by atoms with E-state index in [-0.39, 0.29) is 12.1 Å². The van der Waals surface area contributed by atoms with Crippen LogP contribution in [0.1, 0.15) is 41.3 Å². The van der Waals surface area contributed by atoms with Gasteiger partial charge in [0.2, 0.25) is 0 Å². The van der Waals surface area contributed by atoms with Crippen molar-refractivity contribution < 1.29 is 27.1 Å². The Bertz CT molecular complexity index is 1210. The number of sulfonamides is 1. The molecule has 5 nitrogen and oxygen atoms in total. The summed E-state index contributed by atoms with van der Waals surface area (Å²) in [6.07, 6.45) is 2.21. The van der Waals surface area contributed by atoms with Gasteiger partial charge in [0.05, 0.1) is 11.3 Å². The van der Waals surface area contributed by atoms with Gasteiger partial charge in [-0.2, -0.15) is 0 Å². The van der Waals surface area contributed by atoms with Crippen LogP contribution in [0.3, 0.4) is 0 Å². The summed E-state index contributed by atoms with van der Waals surface area (Å²) in [6, 6.07) is 16.3. The van der Waals surface area contributed by atoms with Crippen LogP contribution in [-0.2, 0) is 22.9 Å². The first-order chi connectivity index (χ1) is 15.8. The summed E-state index contributed by atoms with van der Waals surface area (Å²) >= 11 is 0. The predicted molar refractivity (Wildman–Crippen MR) is 123 cm³/mol. The Labute approximate surface area is 192 Å². The molecule has 0 bridgehead atoms. The lowest BCUT2D eigenvalue weighted by atomic mass is 10.0. The van der Waals surface area contributed by atoms with Gasteiger partial charge in [0.25, 0.3) is 10.0 Å². The number of unbranched alkanes of at least 4 members (excludes halogenated alkanes) is 1. The van der Waals surface area contributed by atoms with Crippen molar-refractivity contribution in [3.8, 4) is 0 Å². The van der Waals surface area contributed by atoms with Gasteiger partial charge in [-0.1, -0.05) is 49.7 Å². The van der Waals surface area contributed by atoms with Crippen molar-refractivity contribution in [1.82, 2.24) is 0 Å². The topological polar surface area (TPSA) is 74.7 Å². The standard InChI is InChI=1S/C25H25F2NO4S/c1-2-3-17-28(33(31,32)24-21(26)8-6-9-22(24)27)23-10-5-4-7-19(23)14-11-18-12-15-20(16-13-18)25(29)30/h4-10,12-13,15-16H,2-3,11,14,17H2,1H3,(H,29,30). The third-order valence-electron chi connectivity index (χ3n) is 5.33. The summed E-state index contributed by atoms with van der Waals surface area (Å²) in [5.74, 6) is -3.27. The highest BCUT2D eigenvalue weighted by molar-refractivity contribution is 7.92. The van der Waals surface area contributed by atoms with Crippen molar-refractivity contribution in [3.05, 3.63) is 95.1 Å². The second-order valence-electron chi connectivity index (χ2n) is 7.61. The van der Waals surface area contributed by atoms with Crippen LogP contribution in [0.4, 0.5) is 14.5 Å². The molecular formula is C25H25F2NO4S. The maximum atomic E-state index is 14.4. The Morgan fingerprint density at radius 1 is 0.909 bits per heavy atom. The molecule has 0 aromatic heterocycles. The van der Waals surface area contributed by atoms with Gasteiger partial charge >= 0.3 is 5.97 Å². The van der Waals surface area contributed by atoms with Gasteiger partial charge < -0.3 is 5.11 Å². The van der Waals surface area contributed by atoms with Gasteiger partial charge in [0, 0.05) is 6.54 Å². The first kappa shape index (κ1) is 24.4. The second kappa shape index (κ2) is 10.6. The third-order valence-corrected chi connectivity index (χ3v) is 7.19. The van der Waals surface area contributed by atoms with E-state index in [9.17, 15) is 22.0 Å². The number of halogens is 2. The Kier molecular flexibility index (Phi) is 7.81. The second-order valence-corrected chi connectivity index (χ2v) is 9.41. The van der Waals surface area contributed by atoms with Gasteiger partial charge in [-0.3, -0.25) is 4.31 Å². The average molecular weight is 474 g/mol. The van der Waals surface area contributed by atoms with Gasteiger partial charge in [0.1, 0.15) is 11.6 Å². The first-order valence-corrected chi connectivity index (χ1v) is 12.1. The zero-order valence-electron chi connectivity index (χ0n) is 18.2. The van der Waals surface area contributed by atoms with E-state index in [0.717, 1.165) is 28.1 Å². The van der Waals surface area contributed by atoms with Crippen molar-refractivity contribution in [2.45, 2.75) is 37.5 Å². The van der Waals surface area contributed by atoms with Crippen molar-refractivity contribution in [2.24, 2.45) is 0 Å². The quantitative estimate of drug-likeness (QED) is 0.425. The van der Waals surface area contributed by atoms with Crippen LogP contribution in [-0.4, -0.2) is 26.0 Å². The monoisotopic (exact) mass is 473 g/mol. The Morgan fingerprint density at radius 2 is 1.55 bits per heavy atom. The molecule has 3 aromatic rings. The normalized spacial score (nSPS) is 11.4. The number of para-hydroxylation sites is 1. The predicted octanol–water partition coefficient (Wildman–Crippen LogP) is 5.44. The van der Waals surface area contributed by atoms with E-state index < -0.39 is 32.5 Å². The molecule has 1 N–H and O–H groups in total. The zero-order valence-corrected chi connectivity index (χ0v) is 19.0. The fraction of sp³-hybridized carbons (Fsp3) is 0.240. The molecule has 0 saturated heterocycles. The van der Waals surface area contributed by atoms with Crippen LogP contribution in [0.15, 0.2) is 71.6 Å². The summed E-state index contributed by atoms with van der Waals surface area (Å²) in [6.45, 7) is 1.98. The van der Waals surface area contributed by atoms with E-state index in [1.807, 2.05) is 6.92 Å². The maximum absolute atomic E-state index is 14.4. The molecule has 0 amide bonds. The van der Waals surface area contributed by atoms with Gasteiger partial charge in [-0.05, 0) is 60.7 Å². The number of hydrogen-bond donors (Lipinski definition) is 1. The molecule has 0 heterocycles. The number of carboxylic acids is 1. The summed E-state index contributed by atoms with van der Waals surface area (Å²) in [5.41, 5.74) is 2.15. The van der Waals surface area contributed by atoms with Crippen LogP contribution in [0, 0.1) is 11.6 Å². The van der Waals surface area contributed by atoms with E-state index in [1.54, 1.807) is 36.4 Å². The summed E-state index contributed by atoms with van der Waals surface area (Å²) in [4.78, 5) is 10.1. The molecule has 3 rings (SSSR count). The molecule has 8 heteroatoms. The number of nitrogens with zero attached hydrogens (tertiary/aromatic N) is 1. The van der Waals surface area contributed by atoms with Crippen molar-refractivity contribution >= 4 is 21.7 Å². The third kappa shape index (κ3) is 5.57. The van der Waals surface area contributed by atoms with E-state index in [0.29, 0.717) is 36.9 Å². The highest BCUT2D eigenvalue weighted by Crippen LogP contribution is 2.31. The number of carboxylic acid groups (broad SMARTS) is 1. The van der Waals surface area contributed by atoms with Crippen molar-refractivity contribution in [2.75, 3.05) is 10.8 Å². The summed E-state index contributed by atoms with van der Waals surface area (Å²) in [7, 11) is -4.49. The van der Waals surface area contributed by atoms with E-state index in [2.05, 4.69) is 0 Å². The molecule has 0 spiro atoms. The molecule has 0 radical (unpaired) electrons. The fourth-order valence-corrected chi connectivity index (χ4v) is 5.23. The van der Waals surface area contributed by atoms with E-state index in [1.165, 1.54) is 12.1 Å². The average Bonchev–Trinajstić information content (AvgIpc) is 2.78. The van der Waals surface area contributed by atoms with Crippen molar-refractivity contribution in [3.63, 3.8) is 0 Å². The number of anilines is 1. The minimum Gasteiger partial charge on any atom is -0.478 e. The smallest absolute Gasteiger partial charge is 0.335 e. The highest BCUT2D eigenvalue weighted by atomic mass is 32.2. The first-order valence-electron chi connectivity index (χ1n) is 10.6. The molecule has 0 aliphatic carbocycles. The summed E-state index contributed by atoms with van der Waals surface area (Å²) in [5, 5.41) is 9.05.